The van der Waals surface area contributed by atoms with Crippen molar-refractivity contribution in [2.24, 2.45) is 0 Å². The van der Waals surface area contributed by atoms with Gasteiger partial charge in [0.1, 0.15) is 12.4 Å². The second-order valence-corrected chi connectivity index (χ2v) is 6.94. The van der Waals surface area contributed by atoms with Crippen LogP contribution in [0.2, 0.25) is 0 Å². The van der Waals surface area contributed by atoms with Gasteiger partial charge in [0.25, 0.3) is 0 Å². The van der Waals surface area contributed by atoms with Crippen molar-refractivity contribution in [1.29, 1.82) is 5.26 Å². The van der Waals surface area contributed by atoms with E-state index in [1.807, 2.05) is 36.4 Å². The lowest BCUT2D eigenvalue weighted by Gasteiger charge is -2.33. The van der Waals surface area contributed by atoms with Crippen LogP contribution in [0.25, 0.3) is 5.57 Å². The highest BCUT2D eigenvalue weighted by atomic mass is 19.1. The Hall–Kier alpha value is -3.13. The zero-order valence-electron chi connectivity index (χ0n) is 14.8. The van der Waals surface area contributed by atoms with Crippen molar-refractivity contribution in [3.05, 3.63) is 77.1 Å². The minimum Gasteiger partial charge on any atom is -0.445 e. The zero-order chi connectivity index (χ0) is 18.8. The Morgan fingerprint density at radius 2 is 2.04 bits per heavy atom. The first-order chi connectivity index (χ1) is 13.2. The molecule has 27 heavy (non-hydrogen) atoms. The van der Waals surface area contributed by atoms with Crippen molar-refractivity contribution in [1.82, 2.24) is 4.90 Å². The molecule has 4 rings (SSSR count). The number of ether oxygens (including phenoxy) is 1. The second-order valence-electron chi connectivity index (χ2n) is 6.94. The predicted molar refractivity (Wildman–Crippen MR) is 99.0 cm³/mol. The van der Waals surface area contributed by atoms with Crippen molar-refractivity contribution in [3.63, 3.8) is 0 Å². The van der Waals surface area contributed by atoms with Crippen LogP contribution in [-0.4, -0.2) is 23.1 Å². The van der Waals surface area contributed by atoms with Crippen LogP contribution in [0.3, 0.4) is 0 Å². The summed E-state index contributed by atoms with van der Waals surface area (Å²) in [4.78, 5) is 14.4. The Morgan fingerprint density at radius 3 is 2.78 bits per heavy atom. The molecule has 0 radical (unpaired) electrons. The third-order valence-corrected chi connectivity index (χ3v) is 5.26. The molecule has 1 fully saturated rings. The van der Waals surface area contributed by atoms with Crippen molar-refractivity contribution >= 4 is 11.7 Å². The van der Waals surface area contributed by atoms with E-state index >= 15 is 0 Å². The number of nitriles is 1. The van der Waals surface area contributed by atoms with Gasteiger partial charge in [-0.25, -0.2) is 9.18 Å². The smallest absolute Gasteiger partial charge is 0.410 e. The number of fused-ring (bicyclic) bond motifs is 2. The molecule has 0 saturated carbocycles. The van der Waals surface area contributed by atoms with E-state index in [1.54, 1.807) is 4.90 Å². The Bertz CT molecular complexity index is 933. The van der Waals surface area contributed by atoms with Crippen LogP contribution < -0.4 is 0 Å². The maximum Gasteiger partial charge on any atom is 0.410 e. The summed E-state index contributed by atoms with van der Waals surface area (Å²) >= 11 is 0. The number of carbonyl (C=O) groups is 1. The number of rotatable bonds is 3. The van der Waals surface area contributed by atoms with Crippen LogP contribution in [0, 0.1) is 17.1 Å². The standard InChI is InChI=1S/C22H19FN2O2/c23-18-7-6-16(13-24)21(12-18)17-10-19-8-9-20(11-17)25(19)22(26)27-14-15-4-2-1-3-5-15/h1-7,10,12,19-20H,8-9,11,14H2. The molecule has 136 valence electrons. The summed E-state index contributed by atoms with van der Waals surface area (Å²) in [6.07, 6.45) is 4.01. The van der Waals surface area contributed by atoms with E-state index in [1.165, 1.54) is 18.2 Å². The van der Waals surface area contributed by atoms with Gasteiger partial charge in [-0.1, -0.05) is 36.4 Å². The van der Waals surface area contributed by atoms with Crippen LogP contribution in [0.4, 0.5) is 9.18 Å². The van der Waals surface area contributed by atoms with Crippen molar-refractivity contribution in [3.8, 4) is 6.07 Å². The van der Waals surface area contributed by atoms with E-state index in [2.05, 4.69) is 6.07 Å². The molecule has 4 nitrogen and oxygen atoms in total. The topological polar surface area (TPSA) is 53.3 Å². The average Bonchev–Trinajstić information content (AvgIpc) is 2.96. The lowest BCUT2D eigenvalue weighted by atomic mass is 9.92. The molecular formula is C22H19FN2O2. The number of carbonyl (C=O) groups excluding carboxylic acids is 1. The first-order valence-electron chi connectivity index (χ1n) is 9.05. The van der Waals surface area contributed by atoms with Gasteiger partial charge in [0.05, 0.1) is 17.7 Å². The number of nitrogens with zero attached hydrogens (tertiary/aromatic N) is 2. The van der Waals surface area contributed by atoms with Gasteiger partial charge in [0, 0.05) is 6.04 Å². The molecule has 1 saturated heterocycles. The van der Waals surface area contributed by atoms with Crippen LogP contribution in [-0.2, 0) is 11.3 Å². The van der Waals surface area contributed by atoms with Gasteiger partial charge in [-0.15, -0.1) is 0 Å². The molecule has 2 heterocycles. The van der Waals surface area contributed by atoms with Gasteiger partial charge in [-0.3, -0.25) is 4.90 Å². The highest BCUT2D eigenvalue weighted by Gasteiger charge is 2.41. The average molecular weight is 362 g/mol. The molecule has 2 aliphatic rings. The third kappa shape index (κ3) is 3.43. The Labute approximate surface area is 157 Å². The molecule has 2 unspecified atom stereocenters. The molecule has 0 spiro atoms. The molecule has 2 aromatic carbocycles. The quantitative estimate of drug-likeness (QED) is 0.798. The molecule has 0 N–H and O–H groups in total. The molecule has 0 aliphatic carbocycles. The third-order valence-electron chi connectivity index (χ3n) is 5.26. The Kier molecular flexibility index (Phi) is 4.64. The maximum atomic E-state index is 13.7. The van der Waals surface area contributed by atoms with E-state index in [0.29, 0.717) is 17.5 Å². The SMILES string of the molecule is N#Cc1ccc(F)cc1C1=CC2CCC(C1)N2C(=O)OCc1ccccc1. The van der Waals surface area contributed by atoms with E-state index < -0.39 is 0 Å². The highest BCUT2D eigenvalue weighted by molar-refractivity contribution is 5.77. The van der Waals surface area contributed by atoms with Crippen LogP contribution in [0.1, 0.15) is 36.0 Å². The monoisotopic (exact) mass is 362 g/mol. The molecule has 2 bridgehead atoms. The van der Waals surface area contributed by atoms with Crippen LogP contribution >= 0.6 is 0 Å². The van der Waals surface area contributed by atoms with Gasteiger partial charge in [-0.05, 0) is 54.2 Å². The molecule has 2 aliphatic heterocycles. The van der Waals surface area contributed by atoms with E-state index in [9.17, 15) is 14.4 Å². The molecule has 1 amide bonds. The first-order valence-corrected chi connectivity index (χ1v) is 9.05. The molecule has 2 aromatic rings. The molecular weight excluding hydrogens is 343 g/mol. The van der Waals surface area contributed by atoms with E-state index in [4.69, 9.17) is 4.74 Å². The van der Waals surface area contributed by atoms with Gasteiger partial charge < -0.3 is 4.74 Å². The van der Waals surface area contributed by atoms with Crippen LogP contribution in [0.15, 0.2) is 54.6 Å². The van der Waals surface area contributed by atoms with E-state index in [0.717, 1.165) is 24.0 Å². The number of halogens is 1. The van der Waals surface area contributed by atoms with Crippen molar-refractivity contribution in [2.45, 2.75) is 38.0 Å². The van der Waals surface area contributed by atoms with Gasteiger partial charge in [-0.2, -0.15) is 5.26 Å². The number of hydrogen-bond donors (Lipinski definition) is 0. The number of hydrogen-bond acceptors (Lipinski definition) is 3. The fourth-order valence-corrected chi connectivity index (χ4v) is 3.99. The number of benzene rings is 2. The van der Waals surface area contributed by atoms with E-state index in [-0.39, 0.29) is 30.6 Å². The molecule has 2 atom stereocenters. The normalized spacial score (nSPS) is 20.7. The Balaban J connectivity index is 1.52. The predicted octanol–water partition coefficient (Wildman–Crippen LogP) is 4.65. The summed E-state index contributed by atoms with van der Waals surface area (Å²) in [6.45, 7) is 0.245. The minimum atomic E-state index is -0.359. The summed E-state index contributed by atoms with van der Waals surface area (Å²) in [6, 6.07) is 15.9. The summed E-state index contributed by atoms with van der Waals surface area (Å²) in [7, 11) is 0. The van der Waals surface area contributed by atoms with Gasteiger partial charge in [0.15, 0.2) is 0 Å². The summed E-state index contributed by atoms with van der Waals surface area (Å²) in [5, 5.41) is 9.32. The maximum absolute atomic E-state index is 13.7. The summed E-state index contributed by atoms with van der Waals surface area (Å²) in [5.74, 6) is -0.359. The summed E-state index contributed by atoms with van der Waals surface area (Å²) < 4.78 is 19.2. The fraction of sp³-hybridized carbons (Fsp3) is 0.273. The summed E-state index contributed by atoms with van der Waals surface area (Å²) in [5.41, 5.74) is 2.98. The number of amides is 1. The fourth-order valence-electron chi connectivity index (χ4n) is 3.99. The zero-order valence-corrected chi connectivity index (χ0v) is 14.8. The van der Waals surface area contributed by atoms with Crippen molar-refractivity contribution in [2.75, 3.05) is 0 Å². The minimum absolute atomic E-state index is 0.0214. The van der Waals surface area contributed by atoms with Crippen LogP contribution in [0.5, 0.6) is 0 Å². The molecule has 0 aromatic heterocycles. The largest absolute Gasteiger partial charge is 0.445 e. The van der Waals surface area contributed by atoms with Gasteiger partial charge in [0.2, 0.25) is 0 Å². The Morgan fingerprint density at radius 1 is 1.22 bits per heavy atom. The highest BCUT2D eigenvalue weighted by Crippen LogP contribution is 2.39. The lowest BCUT2D eigenvalue weighted by molar-refractivity contribution is 0.0832. The molecule has 5 heteroatoms. The first kappa shape index (κ1) is 17.3. The van der Waals surface area contributed by atoms with Crippen molar-refractivity contribution < 1.29 is 13.9 Å². The second kappa shape index (κ2) is 7.24. The lowest BCUT2D eigenvalue weighted by Crippen LogP contribution is -2.43. The van der Waals surface area contributed by atoms with Gasteiger partial charge >= 0.3 is 6.09 Å².